The maximum Gasteiger partial charge on any atom is 0.281 e. The van der Waals surface area contributed by atoms with Crippen molar-refractivity contribution in [2.24, 2.45) is 5.73 Å². The van der Waals surface area contributed by atoms with E-state index < -0.39 is 16.3 Å². The summed E-state index contributed by atoms with van der Waals surface area (Å²) in [4.78, 5) is 14.3. The Morgan fingerprint density at radius 3 is 2.85 bits per heavy atom. The third-order valence-electron chi connectivity index (χ3n) is 2.56. The number of nitrogens with zero attached hydrogens (tertiary/aromatic N) is 2. The summed E-state index contributed by atoms with van der Waals surface area (Å²) in [5.74, 6) is -0.947. The first-order valence-corrected chi connectivity index (χ1v) is 5.93. The van der Waals surface area contributed by atoms with Crippen molar-refractivity contribution in [3.63, 3.8) is 0 Å². The van der Waals surface area contributed by atoms with Crippen molar-refractivity contribution in [2.45, 2.75) is 19.4 Å². The van der Waals surface area contributed by atoms with Crippen LogP contribution in [0.2, 0.25) is 0 Å². The SMILES string of the molecule is CC(C)(N)COc1c(F)cc([N+](=O)[O-])c2cccnc12. The molecule has 0 saturated carbocycles. The van der Waals surface area contributed by atoms with Crippen molar-refractivity contribution in [1.29, 1.82) is 0 Å². The van der Waals surface area contributed by atoms with E-state index in [4.69, 9.17) is 10.5 Å². The fraction of sp³-hybridized carbons (Fsp3) is 0.308. The predicted molar refractivity (Wildman–Crippen MR) is 72.1 cm³/mol. The highest BCUT2D eigenvalue weighted by Crippen LogP contribution is 2.34. The fourth-order valence-electron chi connectivity index (χ4n) is 1.72. The highest BCUT2D eigenvalue weighted by atomic mass is 19.1. The first kappa shape index (κ1) is 14.1. The van der Waals surface area contributed by atoms with Gasteiger partial charge in [-0.05, 0) is 26.0 Å². The molecule has 0 fully saturated rings. The first-order chi connectivity index (χ1) is 9.29. The molecule has 0 aliphatic carbocycles. The van der Waals surface area contributed by atoms with Crippen LogP contribution in [-0.4, -0.2) is 22.1 Å². The molecule has 1 aromatic heterocycles. The van der Waals surface area contributed by atoms with E-state index in [2.05, 4.69) is 4.98 Å². The Balaban J connectivity index is 2.58. The predicted octanol–water partition coefficient (Wildman–Crippen LogP) is 2.40. The number of nitro groups is 1. The molecule has 0 atom stereocenters. The second kappa shape index (κ2) is 5.01. The highest BCUT2D eigenvalue weighted by Gasteiger charge is 2.22. The Morgan fingerprint density at radius 2 is 2.25 bits per heavy atom. The number of hydrogen-bond donors (Lipinski definition) is 1. The lowest BCUT2D eigenvalue weighted by Gasteiger charge is -2.19. The molecule has 20 heavy (non-hydrogen) atoms. The molecule has 2 aromatic rings. The summed E-state index contributed by atoms with van der Waals surface area (Å²) in [6.45, 7) is 3.52. The van der Waals surface area contributed by atoms with Crippen molar-refractivity contribution in [3.05, 3.63) is 40.3 Å². The van der Waals surface area contributed by atoms with Gasteiger partial charge in [0, 0.05) is 11.7 Å². The minimum absolute atomic E-state index is 0.0629. The van der Waals surface area contributed by atoms with Crippen LogP contribution in [0, 0.1) is 15.9 Å². The third kappa shape index (κ3) is 2.83. The lowest BCUT2D eigenvalue weighted by molar-refractivity contribution is -0.383. The van der Waals surface area contributed by atoms with Gasteiger partial charge in [0.1, 0.15) is 12.1 Å². The molecule has 0 bridgehead atoms. The van der Waals surface area contributed by atoms with Crippen LogP contribution in [0.5, 0.6) is 5.75 Å². The topological polar surface area (TPSA) is 91.3 Å². The lowest BCUT2D eigenvalue weighted by Crippen LogP contribution is -2.38. The molecule has 2 N–H and O–H groups in total. The van der Waals surface area contributed by atoms with Crippen LogP contribution >= 0.6 is 0 Å². The van der Waals surface area contributed by atoms with E-state index in [-0.39, 0.29) is 28.9 Å². The molecule has 2 rings (SSSR count). The van der Waals surface area contributed by atoms with Gasteiger partial charge in [-0.15, -0.1) is 0 Å². The molecule has 106 valence electrons. The van der Waals surface area contributed by atoms with Gasteiger partial charge < -0.3 is 10.5 Å². The average Bonchev–Trinajstić information content (AvgIpc) is 2.35. The normalized spacial score (nSPS) is 11.6. The summed E-state index contributed by atoms with van der Waals surface area (Å²) in [5, 5.41) is 11.2. The van der Waals surface area contributed by atoms with E-state index in [9.17, 15) is 14.5 Å². The van der Waals surface area contributed by atoms with Crippen LogP contribution in [0.3, 0.4) is 0 Å². The first-order valence-electron chi connectivity index (χ1n) is 5.93. The largest absolute Gasteiger partial charge is 0.486 e. The van der Waals surface area contributed by atoms with Crippen LogP contribution in [0.1, 0.15) is 13.8 Å². The number of halogens is 1. The Morgan fingerprint density at radius 1 is 1.55 bits per heavy atom. The Bertz CT molecular complexity index is 668. The monoisotopic (exact) mass is 279 g/mol. The lowest BCUT2D eigenvalue weighted by atomic mass is 10.1. The molecule has 0 aliphatic heterocycles. The van der Waals surface area contributed by atoms with Crippen molar-refractivity contribution < 1.29 is 14.1 Å². The average molecular weight is 279 g/mol. The third-order valence-corrected chi connectivity index (χ3v) is 2.56. The van der Waals surface area contributed by atoms with Crippen LogP contribution in [-0.2, 0) is 0 Å². The minimum Gasteiger partial charge on any atom is -0.486 e. The summed E-state index contributed by atoms with van der Waals surface area (Å²) >= 11 is 0. The van der Waals surface area contributed by atoms with E-state index in [1.54, 1.807) is 19.9 Å². The second-order valence-corrected chi connectivity index (χ2v) is 5.14. The summed E-state index contributed by atoms with van der Waals surface area (Å²) in [6, 6.07) is 3.88. The highest BCUT2D eigenvalue weighted by molar-refractivity contribution is 5.92. The quantitative estimate of drug-likeness (QED) is 0.685. The number of fused-ring (bicyclic) bond motifs is 1. The van der Waals surface area contributed by atoms with Crippen molar-refractivity contribution >= 4 is 16.6 Å². The summed E-state index contributed by atoms with van der Waals surface area (Å²) in [6.07, 6.45) is 1.42. The van der Waals surface area contributed by atoms with Gasteiger partial charge in [-0.3, -0.25) is 15.1 Å². The van der Waals surface area contributed by atoms with Gasteiger partial charge in [-0.2, -0.15) is 0 Å². The Labute approximate surface area is 114 Å². The van der Waals surface area contributed by atoms with Crippen LogP contribution in [0.15, 0.2) is 24.4 Å². The number of ether oxygens (including phenoxy) is 1. The van der Waals surface area contributed by atoms with Gasteiger partial charge in [-0.25, -0.2) is 4.39 Å². The molecule has 0 amide bonds. The fourth-order valence-corrected chi connectivity index (χ4v) is 1.72. The minimum atomic E-state index is -0.827. The van der Waals surface area contributed by atoms with E-state index >= 15 is 0 Å². The van der Waals surface area contributed by atoms with Gasteiger partial charge in [0.2, 0.25) is 0 Å². The van der Waals surface area contributed by atoms with Crippen molar-refractivity contribution in [3.8, 4) is 5.75 Å². The van der Waals surface area contributed by atoms with Crippen LogP contribution in [0.4, 0.5) is 10.1 Å². The van der Waals surface area contributed by atoms with Crippen LogP contribution in [0.25, 0.3) is 10.9 Å². The number of hydrogen-bond acceptors (Lipinski definition) is 5. The summed E-state index contributed by atoms with van der Waals surface area (Å²) < 4.78 is 19.4. The summed E-state index contributed by atoms with van der Waals surface area (Å²) in [7, 11) is 0. The maximum absolute atomic E-state index is 14.0. The van der Waals surface area contributed by atoms with Gasteiger partial charge in [0.25, 0.3) is 5.69 Å². The number of non-ortho nitro benzene ring substituents is 1. The van der Waals surface area contributed by atoms with Crippen molar-refractivity contribution in [1.82, 2.24) is 4.98 Å². The Kier molecular flexibility index (Phi) is 3.54. The van der Waals surface area contributed by atoms with E-state index in [1.165, 1.54) is 12.3 Å². The number of nitrogens with two attached hydrogens (primary N) is 1. The number of benzene rings is 1. The van der Waals surface area contributed by atoms with E-state index in [0.717, 1.165) is 6.07 Å². The zero-order chi connectivity index (χ0) is 14.9. The van der Waals surface area contributed by atoms with Crippen LogP contribution < -0.4 is 10.5 Å². The Hall–Kier alpha value is -2.28. The van der Waals surface area contributed by atoms with Gasteiger partial charge in [0.05, 0.1) is 16.4 Å². The summed E-state index contributed by atoms with van der Waals surface area (Å²) in [5.41, 5.74) is 4.89. The molecular weight excluding hydrogens is 265 g/mol. The van der Waals surface area contributed by atoms with Gasteiger partial charge >= 0.3 is 0 Å². The molecule has 1 heterocycles. The molecular formula is C13H14FN3O3. The van der Waals surface area contributed by atoms with Gasteiger partial charge in [0.15, 0.2) is 11.6 Å². The number of nitro benzene ring substituents is 1. The van der Waals surface area contributed by atoms with Gasteiger partial charge in [-0.1, -0.05) is 0 Å². The molecule has 0 radical (unpaired) electrons. The number of pyridine rings is 1. The molecule has 1 aromatic carbocycles. The number of rotatable bonds is 4. The zero-order valence-corrected chi connectivity index (χ0v) is 11.1. The van der Waals surface area contributed by atoms with Crippen molar-refractivity contribution in [2.75, 3.05) is 6.61 Å². The molecule has 0 unspecified atom stereocenters. The standard InChI is InChI=1S/C13H14FN3O3/c1-13(2,15)7-20-12-9(14)6-10(17(18)19)8-4-3-5-16-11(8)12/h3-6H,7,15H2,1-2H3. The van der Waals surface area contributed by atoms with E-state index in [0.29, 0.717) is 0 Å². The number of aromatic nitrogens is 1. The molecule has 0 spiro atoms. The molecule has 0 aliphatic rings. The molecule has 7 heteroatoms. The molecule has 6 nitrogen and oxygen atoms in total. The zero-order valence-electron chi connectivity index (χ0n) is 11.1. The maximum atomic E-state index is 14.0. The smallest absolute Gasteiger partial charge is 0.281 e. The molecule has 0 saturated heterocycles. The second-order valence-electron chi connectivity index (χ2n) is 5.14. The van der Waals surface area contributed by atoms with E-state index in [1.807, 2.05) is 0 Å².